The zero-order chi connectivity index (χ0) is 18.8. The third-order valence-corrected chi connectivity index (χ3v) is 5.17. The number of anilines is 2. The van der Waals surface area contributed by atoms with Gasteiger partial charge in [-0.3, -0.25) is 9.67 Å². The van der Waals surface area contributed by atoms with Gasteiger partial charge in [0.15, 0.2) is 5.75 Å². The van der Waals surface area contributed by atoms with E-state index in [0.29, 0.717) is 12.0 Å². The van der Waals surface area contributed by atoms with Crippen molar-refractivity contribution in [3.63, 3.8) is 0 Å². The van der Waals surface area contributed by atoms with Crippen LogP contribution in [0.1, 0.15) is 43.3 Å². The van der Waals surface area contributed by atoms with E-state index in [4.69, 9.17) is 14.6 Å². The van der Waals surface area contributed by atoms with Crippen LogP contribution in [0.3, 0.4) is 0 Å². The van der Waals surface area contributed by atoms with Crippen LogP contribution in [0, 0.1) is 0 Å². The number of nitrogens with one attached hydrogen (secondary N) is 1. The predicted molar refractivity (Wildman–Crippen MR) is 105 cm³/mol. The SMILES string of the molecule is c1cc(Nc2cc(Oc3cn(C4CC4)nc3C3CCOCC3)ccn2)ccn1. The summed E-state index contributed by atoms with van der Waals surface area (Å²) >= 11 is 0. The molecule has 3 aromatic rings. The average molecular weight is 377 g/mol. The lowest BCUT2D eigenvalue weighted by Gasteiger charge is -2.21. The summed E-state index contributed by atoms with van der Waals surface area (Å²) in [5.74, 6) is 2.71. The molecule has 0 bridgehead atoms. The fourth-order valence-corrected chi connectivity index (χ4v) is 3.50. The van der Waals surface area contributed by atoms with Gasteiger partial charge in [-0.1, -0.05) is 0 Å². The Morgan fingerprint density at radius 3 is 2.64 bits per heavy atom. The summed E-state index contributed by atoms with van der Waals surface area (Å²) in [6.45, 7) is 1.57. The highest BCUT2D eigenvalue weighted by Gasteiger charge is 2.29. The number of pyridine rings is 2. The van der Waals surface area contributed by atoms with Gasteiger partial charge >= 0.3 is 0 Å². The van der Waals surface area contributed by atoms with E-state index in [1.165, 1.54) is 12.8 Å². The first-order chi connectivity index (χ1) is 13.8. The molecule has 0 amide bonds. The second-order valence-electron chi connectivity index (χ2n) is 7.32. The van der Waals surface area contributed by atoms with Gasteiger partial charge < -0.3 is 14.8 Å². The maximum Gasteiger partial charge on any atom is 0.168 e. The Morgan fingerprint density at radius 1 is 1.04 bits per heavy atom. The van der Waals surface area contributed by atoms with Crippen molar-refractivity contribution in [1.29, 1.82) is 0 Å². The number of rotatable bonds is 6. The normalized spacial score (nSPS) is 17.4. The first-order valence-corrected chi connectivity index (χ1v) is 9.83. The van der Waals surface area contributed by atoms with Crippen molar-refractivity contribution in [3.8, 4) is 11.5 Å². The molecular formula is C21H23N5O2. The van der Waals surface area contributed by atoms with E-state index < -0.39 is 0 Å². The van der Waals surface area contributed by atoms with Gasteiger partial charge in [0, 0.05) is 49.5 Å². The molecule has 1 saturated carbocycles. The highest BCUT2D eigenvalue weighted by atomic mass is 16.5. The van der Waals surface area contributed by atoms with E-state index in [9.17, 15) is 0 Å². The Hall–Kier alpha value is -2.93. The first kappa shape index (κ1) is 17.2. The third kappa shape index (κ3) is 3.84. The topological polar surface area (TPSA) is 74.1 Å². The molecule has 1 aliphatic heterocycles. The molecule has 0 atom stereocenters. The summed E-state index contributed by atoms with van der Waals surface area (Å²) in [4.78, 5) is 8.42. The van der Waals surface area contributed by atoms with Crippen LogP contribution in [0.25, 0.3) is 0 Å². The van der Waals surface area contributed by atoms with Crippen LogP contribution >= 0.6 is 0 Å². The number of nitrogens with zero attached hydrogens (tertiary/aromatic N) is 4. The van der Waals surface area contributed by atoms with Gasteiger partial charge in [0.05, 0.1) is 12.2 Å². The minimum atomic E-state index is 0.389. The maximum atomic E-state index is 6.28. The van der Waals surface area contributed by atoms with Gasteiger partial charge in [0.1, 0.15) is 17.3 Å². The highest BCUT2D eigenvalue weighted by Crippen LogP contribution is 2.40. The molecule has 2 aliphatic rings. The second kappa shape index (κ2) is 7.59. The first-order valence-electron chi connectivity index (χ1n) is 9.83. The number of hydrogen-bond donors (Lipinski definition) is 1. The molecule has 0 spiro atoms. The van der Waals surface area contributed by atoms with E-state index in [2.05, 4.69) is 26.2 Å². The number of aromatic nitrogens is 4. The van der Waals surface area contributed by atoms with E-state index in [1.54, 1.807) is 18.6 Å². The molecule has 5 rings (SSSR count). The number of hydrogen-bond acceptors (Lipinski definition) is 6. The van der Waals surface area contributed by atoms with Crippen LogP contribution in [0.4, 0.5) is 11.5 Å². The molecule has 144 valence electrons. The lowest BCUT2D eigenvalue weighted by molar-refractivity contribution is 0.0839. The fourth-order valence-electron chi connectivity index (χ4n) is 3.50. The van der Waals surface area contributed by atoms with Gasteiger partial charge in [-0.25, -0.2) is 4.98 Å². The van der Waals surface area contributed by atoms with E-state index in [1.807, 2.05) is 24.3 Å². The molecule has 1 aliphatic carbocycles. The molecular weight excluding hydrogens is 354 g/mol. The number of ether oxygens (including phenoxy) is 2. The lowest BCUT2D eigenvalue weighted by atomic mass is 9.96. The summed E-state index contributed by atoms with van der Waals surface area (Å²) in [6.07, 6.45) is 11.7. The van der Waals surface area contributed by atoms with Crippen molar-refractivity contribution in [2.45, 2.75) is 37.6 Å². The minimum absolute atomic E-state index is 0.389. The Kier molecular flexibility index (Phi) is 4.66. The molecule has 4 heterocycles. The summed E-state index contributed by atoms with van der Waals surface area (Å²) in [5.41, 5.74) is 1.99. The Labute approximate surface area is 163 Å². The Morgan fingerprint density at radius 2 is 1.86 bits per heavy atom. The summed E-state index contributed by atoms with van der Waals surface area (Å²) in [7, 11) is 0. The summed E-state index contributed by atoms with van der Waals surface area (Å²) in [6, 6.07) is 8.11. The van der Waals surface area contributed by atoms with Gasteiger partial charge in [0.2, 0.25) is 0 Å². The Balaban J connectivity index is 1.38. The quantitative estimate of drug-likeness (QED) is 0.685. The fraction of sp³-hybridized carbons (Fsp3) is 0.381. The molecule has 1 saturated heterocycles. The second-order valence-corrected chi connectivity index (χ2v) is 7.32. The van der Waals surface area contributed by atoms with Gasteiger partial charge in [-0.15, -0.1) is 0 Å². The molecule has 7 heteroatoms. The summed E-state index contributed by atoms with van der Waals surface area (Å²) < 4.78 is 13.9. The Bertz CT molecular complexity index is 933. The standard InChI is InChI=1S/C21H23N5O2/c1-2-17(1)26-14-19(21(25-26)15-6-11-27-12-7-15)28-18-5-10-23-20(13-18)24-16-3-8-22-9-4-16/h3-5,8-10,13-15,17H,1-2,6-7,11-12H2,(H,22,23,24). The van der Waals surface area contributed by atoms with Crippen molar-refractivity contribution in [2.24, 2.45) is 0 Å². The zero-order valence-electron chi connectivity index (χ0n) is 15.6. The largest absolute Gasteiger partial charge is 0.454 e. The van der Waals surface area contributed by atoms with Crippen molar-refractivity contribution in [3.05, 3.63) is 54.7 Å². The summed E-state index contributed by atoms with van der Waals surface area (Å²) in [5, 5.41) is 8.15. The third-order valence-electron chi connectivity index (χ3n) is 5.17. The van der Waals surface area contributed by atoms with Gasteiger partial charge in [-0.05, 0) is 43.9 Å². The minimum Gasteiger partial charge on any atom is -0.454 e. The van der Waals surface area contributed by atoms with Crippen molar-refractivity contribution in [1.82, 2.24) is 19.7 Å². The molecule has 0 radical (unpaired) electrons. The maximum absolute atomic E-state index is 6.28. The van der Waals surface area contributed by atoms with Crippen LogP contribution in [-0.2, 0) is 4.74 Å². The highest BCUT2D eigenvalue weighted by molar-refractivity contribution is 5.56. The van der Waals surface area contributed by atoms with Gasteiger partial charge in [-0.2, -0.15) is 5.10 Å². The van der Waals surface area contributed by atoms with Crippen LogP contribution in [-0.4, -0.2) is 33.0 Å². The lowest BCUT2D eigenvalue weighted by Crippen LogP contribution is -2.15. The van der Waals surface area contributed by atoms with Crippen LogP contribution in [0.2, 0.25) is 0 Å². The monoisotopic (exact) mass is 377 g/mol. The molecule has 1 N–H and O–H groups in total. The van der Waals surface area contributed by atoms with Crippen LogP contribution < -0.4 is 10.1 Å². The zero-order valence-corrected chi connectivity index (χ0v) is 15.6. The molecule has 0 unspecified atom stereocenters. The average Bonchev–Trinajstić information content (AvgIpc) is 3.51. The van der Waals surface area contributed by atoms with Gasteiger partial charge in [0.25, 0.3) is 0 Å². The van der Waals surface area contributed by atoms with Crippen molar-refractivity contribution >= 4 is 11.5 Å². The molecule has 7 nitrogen and oxygen atoms in total. The van der Waals surface area contributed by atoms with Crippen LogP contribution in [0.5, 0.6) is 11.5 Å². The molecule has 0 aromatic carbocycles. The van der Waals surface area contributed by atoms with E-state index >= 15 is 0 Å². The molecule has 28 heavy (non-hydrogen) atoms. The smallest absolute Gasteiger partial charge is 0.168 e. The van der Waals surface area contributed by atoms with Crippen molar-refractivity contribution in [2.75, 3.05) is 18.5 Å². The van der Waals surface area contributed by atoms with E-state index in [0.717, 1.165) is 54.8 Å². The van der Waals surface area contributed by atoms with Crippen LogP contribution in [0.15, 0.2) is 49.1 Å². The molecule has 3 aromatic heterocycles. The predicted octanol–water partition coefficient (Wildman–Crippen LogP) is 4.44. The van der Waals surface area contributed by atoms with E-state index in [-0.39, 0.29) is 0 Å². The van der Waals surface area contributed by atoms with Crippen molar-refractivity contribution < 1.29 is 9.47 Å². The molecule has 2 fully saturated rings.